The molecule has 4 rings (SSSR count). The number of halogens is 2. The van der Waals surface area contributed by atoms with Crippen molar-refractivity contribution in [1.82, 2.24) is 4.72 Å². The molecule has 1 aliphatic carbocycles. The zero-order valence-corrected chi connectivity index (χ0v) is 21.8. The highest BCUT2D eigenvalue weighted by Gasteiger charge is 2.49. The van der Waals surface area contributed by atoms with Crippen molar-refractivity contribution in [2.24, 2.45) is 0 Å². The van der Waals surface area contributed by atoms with Crippen molar-refractivity contribution in [3.8, 4) is 0 Å². The van der Waals surface area contributed by atoms with E-state index in [0.29, 0.717) is 37.8 Å². The number of nitrogens with zero attached hydrogens (tertiary/aromatic N) is 1. The topological polar surface area (TPSA) is 66.5 Å². The molecule has 1 spiro atoms. The van der Waals surface area contributed by atoms with Crippen LogP contribution in [0.3, 0.4) is 0 Å². The summed E-state index contributed by atoms with van der Waals surface area (Å²) in [6.45, 7) is 7.42. The van der Waals surface area contributed by atoms with E-state index in [1.165, 1.54) is 12.1 Å². The summed E-state index contributed by atoms with van der Waals surface area (Å²) in [5.74, 6) is -0.253. The lowest BCUT2D eigenvalue weighted by Gasteiger charge is -2.39. The van der Waals surface area contributed by atoms with Gasteiger partial charge in [0.2, 0.25) is 10.0 Å². The second-order valence-corrected chi connectivity index (χ2v) is 13.2. The smallest absolute Gasteiger partial charge is 0.258 e. The maximum absolute atomic E-state index is 14.6. The fourth-order valence-electron chi connectivity index (χ4n) is 4.91. The average molecular weight is 537 g/mol. The van der Waals surface area contributed by atoms with Crippen LogP contribution in [0.1, 0.15) is 69.3 Å². The van der Waals surface area contributed by atoms with Crippen molar-refractivity contribution in [1.29, 1.82) is 0 Å². The van der Waals surface area contributed by atoms with E-state index in [2.05, 4.69) is 20.7 Å². The van der Waals surface area contributed by atoms with Crippen LogP contribution in [0.2, 0.25) is 0 Å². The van der Waals surface area contributed by atoms with Crippen LogP contribution in [0, 0.1) is 0 Å². The highest BCUT2D eigenvalue weighted by molar-refractivity contribution is 9.10. The van der Waals surface area contributed by atoms with Crippen LogP contribution in [-0.4, -0.2) is 32.1 Å². The Morgan fingerprint density at radius 3 is 2.39 bits per heavy atom. The summed E-state index contributed by atoms with van der Waals surface area (Å²) in [4.78, 5) is 15.4. The predicted octanol–water partition coefficient (Wildman–Crippen LogP) is 5.73. The van der Waals surface area contributed by atoms with Crippen LogP contribution in [0.25, 0.3) is 0 Å². The predicted molar refractivity (Wildman–Crippen MR) is 132 cm³/mol. The number of fused-ring (bicyclic) bond motifs is 2. The highest BCUT2D eigenvalue weighted by atomic mass is 79.9. The molecule has 0 saturated heterocycles. The molecule has 8 heteroatoms. The number of hydrogen-bond acceptors (Lipinski definition) is 3. The molecule has 1 aliphatic heterocycles. The summed E-state index contributed by atoms with van der Waals surface area (Å²) in [5, 5.41) is 0. The number of carbonyl (C=O) groups excluding carboxylic acids is 1. The fourth-order valence-corrected chi connectivity index (χ4v) is 6.74. The van der Waals surface area contributed by atoms with E-state index in [9.17, 15) is 17.6 Å². The largest absolute Gasteiger partial charge is 0.307 e. The van der Waals surface area contributed by atoms with Gasteiger partial charge in [-0.2, -0.15) is 0 Å². The maximum Gasteiger partial charge on any atom is 0.258 e. The minimum atomic E-state index is -3.77. The lowest BCUT2D eigenvalue weighted by Crippen LogP contribution is -2.42. The van der Waals surface area contributed by atoms with Gasteiger partial charge in [-0.3, -0.25) is 4.79 Å². The van der Waals surface area contributed by atoms with E-state index in [4.69, 9.17) is 0 Å². The van der Waals surface area contributed by atoms with Gasteiger partial charge in [0.1, 0.15) is 5.67 Å². The molecule has 33 heavy (non-hydrogen) atoms. The van der Waals surface area contributed by atoms with Crippen molar-refractivity contribution in [2.45, 2.75) is 74.9 Å². The third-order valence-electron chi connectivity index (χ3n) is 6.61. The molecule has 178 valence electrons. The van der Waals surface area contributed by atoms with E-state index in [1.807, 2.05) is 18.2 Å². The first-order chi connectivity index (χ1) is 15.2. The van der Waals surface area contributed by atoms with Gasteiger partial charge >= 0.3 is 0 Å². The second-order valence-electron chi connectivity index (χ2n) is 10.6. The third-order valence-corrected chi connectivity index (χ3v) is 8.86. The quantitative estimate of drug-likeness (QED) is 0.544. The second kappa shape index (κ2) is 8.17. The molecule has 0 unspecified atom stereocenters. The maximum atomic E-state index is 14.6. The Labute approximate surface area is 203 Å². The summed E-state index contributed by atoms with van der Waals surface area (Å²) < 4.78 is 43.8. The molecule has 2 aliphatic rings. The first-order valence-electron chi connectivity index (χ1n) is 11.2. The number of hydrogen-bond donors (Lipinski definition) is 1. The van der Waals surface area contributed by atoms with Gasteiger partial charge in [0.15, 0.2) is 0 Å². The van der Waals surface area contributed by atoms with Gasteiger partial charge in [-0.05, 0) is 95.3 Å². The van der Waals surface area contributed by atoms with Gasteiger partial charge in [0.25, 0.3) is 5.91 Å². The lowest BCUT2D eigenvalue weighted by atomic mass is 9.67. The van der Waals surface area contributed by atoms with E-state index in [0.717, 1.165) is 15.7 Å². The molecule has 1 N–H and O–H groups in total. The number of alkyl halides is 1. The lowest BCUT2D eigenvalue weighted by molar-refractivity contribution is 0.0887. The standard InChI is InChI=1S/C25H30BrFN2O3S/c1-23(2,3)28-33(31,32)19-7-5-6-17(14-19)22(30)29-16-25(12-10-24(4,27)11-13-25)20-15-18(26)8-9-21(20)29/h5-9,14-15,28H,10-13,16H2,1-4H3. The molecule has 1 amide bonds. The molecule has 0 atom stereocenters. The van der Waals surface area contributed by atoms with Gasteiger partial charge in [-0.25, -0.2) is 17.5 Å². The Bertz CT molecular complexity index is 1190. The minimum absolute atomic E-state index is 0.0547. The number of nitrogens with one attached hydrogen (secondary N) is 1. The summed E-state index contributed by atoms with van der Waals surface area (Å²) in [7, 11) is -3.77. The van der Waals surface area contributed by atoms with Crippen molar-refractivity contribution < 1.29 is 17.6 Å². The third kappa shape index (κ3) is 4.88. The summed E-state index contributed by atoms with van der Waals surface area (Å²) in [6.07, 6.45) is 2.23. The zero-order chi connectivity index (χ0) is 24.2. The van der Waals surface area contributed by atoms with E-state index in [-0.39, 0.29) is 16.2 Å². The SMILES string of the molecule is CC1(F)CCC2(CC1)CN(C(=O)c1cccc(S(=O)(=O)NC(C)(C)C)c1)c1ccc(Br)cc12. The molecule has 2 aromatic rings. The van der Waals surface area contributed by atoms with E-state index in [1.54, 1.807) is 44.7 Å². The van der Waals surface area contributed by atoms with Crippen LogP contribution in [0.5, 0.6) is 0 Å². The van der Waals surface area contributed by atoms with E-state index >= 15 is 0 Å². The van der Waals surface area contributed by atoms with Gasteiger partial charge in [-0.1, -0.05) is 22.0 Å². The monoisotopic (exact) mass is 536 g/mol. The van der Waals surface area contributed by atoms with Crippen LogP contribution in [0.15, 0.2) is 51.8 Å². The van der Waals surface area contributed by atoms with Crippen molar-refractivity contribution >= 4 is 37.5 Å². The molecule has 1 heterocycles. The highest BCUT2D eigenvalue weighted by Crippen LogP contribution is 2.52. The van der Waals surface area contributed by atoms with Crippen molar-refractivity contribution in [3.63, 3.8) is 0 Å². The normalized spacial score (nSPS) is 25.3. The Hall–Kier alpha value is -1.77. The summed E-state index contributed by atoms with van der Waals surface area (Å²) in [6, 6.07) is 12.0. The average Bonchev–Trinajstić information content (AvgIpc) is 3.02. The zero-order valence-electron chi connectivity index (χ0n) is 19.4. The minimum Gasteiger partial charge on any atom is -0.307 e. The van der Waals surface area contributed by atoms with Gasteiger partial charge in [0.05, 0.1) is 4.90 Å². The molecule has 1 fully saturated rings. The van der Waals surface area contributed by atoms with E-state index < -0.39 is 21.2 Å². The van der Waals surface area contributed by atoms with Crippen LogP contribution < -0.4 is 9.62 Å². The van der Waals surface area contributed by atoms with Crippen LogP contribution in [0.4, 0.5) is 10.1 Å². The van der Waals surface area contributed by atoms with Crippen LogP contribution >= 0.6 is 15.9 Å². The molecule has 2 aromatic carbocycles. The number of benzene rings is 2. The fraction of sp³-hybridized carbons (Fsp3) is 0.480. The Morgan fingerprint density at radius 1 is 1.09 bits per heavy atom. The Kier molecular flexibility index (Phi) is 6.03. The van der Waals surface area contributed by atoms with Gasteiger partial charge in [-0.15, -0.1) is 0 Å². The number of sulfonamides is 1. The summed E-state index contributed by atoms with van der Waals surface area (Å²) in [5.41, 5.74) is 0.0582. The van der Waals surface area contributed by atoms with Gasteiger partial charge in [0, 0.05) is 33.2 Å². The number of carbonyl (C=O) groups is 1. The molecule has 0 radical (unpaired) electrons. The first kappa shape index (κ1) is 24.4. The molecular weight excluding hydrogens is 507 g/mol. The summed E-state index contributed by atoms with van der Waals surface area (Å²) >= 11 is 3.54. The Balaban J connectivity index is 1.69. The molecule has 0 aromatic heterocycles. The molecule has 5 nitrogen and oxygen atoms in total. The van der Waals surface area contributed by atoms with Crippen molar-refractivity contribution in [3.05, 3.63) is 58.1 Å². The first-order valence-corrected chi connectivity index (χ1v) is 13.4. The van der Waals surface area contributed by atoms with Crippen LogP contribution in [-0.2, 0) is 15.4 Å². The van der Waals surface area contributed by atoms with Gasteiger partial charge < -0.3 is 4.90 Å². The van der Waals surface area contributed by atoms with Crippen molar-refractivity contribution in [2.75, 3.05) is 11.4 Å². The molecular formula is C25H30BrFN2O3S. The number of amides is 1. The molecule has 1 saturated carbocycles. The molecule has 0 bridgehead atoms. The Morgan fingerprint density at radius 2 is 1.76 bits per heavy atom. The number of rotatable bonds is 3. The number of anilines is 1.